The fourth-order valence-corrected chi connectivity index (χ4v) is 2.89. The Labute approximate surface area is 117 Å². The van der Waals surface area contributed by atoms with E-state index in [1.54, 1.807) is 0 Å². The van der Waals surface area contributed by atoms with E-state index in [9.17, 15) is 9.59 Å². The molecular formula is C16H16N2O2. The Hall–Kier alpha value is -2.23. The Morgan fingerprint density at radius 3 is 2.60 bits per heavy atom. The van der Waals surface area contributed by atoms with Gasteiger partial charge in [0.1, 0.15) is 11.5 Å². The lowest BCUT2D eigenvalue weighted by Crippen LogP contribution is -2.20. The molecule has 20 heavy (non-hydrogen) atoms. The summed E-state index contributed by atoms with van der Waals surface area (Å²) in [5.41, 5.74) is 7.49. The summed E-state index contributed by atoms with van der Waals surface area (Å²) in [5.74, 6) is 0.00517. The van der Waals surface area contributed by atoms with Crippen LogP contribution in [0.4, 0.5) is 0 Å². The number of primary amides is 1. The maximum Gasteiger partial charge on any atom is 0.267 e. The van der Waals surface area contributed by atoms with Crippen molar-refractivity contribution >= 4 is 22.6 Å². The highest BCUT2D eigenvalue weighted by molar-refractivity contribution is 5.95. The average Bonchev–Trinajstić information content (AvgIpc) is 2.46. The van der Waals surface area contributed by atoms with Crippen LogP contribution in [0.3, 0.4) is 0 Å². The summed E-state index contributed by atoms with van der Waals surface area (Å²) in [4.78, 5) is 27.4. The van der Waals surface area contributed by atoms with E-state index in [2.05, 4.69) is 4.98 Å². The predicted octanol–water partition coefficient (Wildman–Crippen LogP) is 2.56. The summed E-state index contributed by atoms with van der Waals surface area (Å²) < 4.78 is 0. The Bertz CT molecular complexity index is 684. The Kier molecular flexibility index (Phi) is 3.22. The number of nitrogens with two attached hydrogens (primary N) is 1. The minimum absolute atomic E-state index is 0.201. The van der Waals surface area contributed by atoms with Crippen LogP contribution in [0.2, 0.25) is 0 Å². The van der Waals surface area contributed by atoms with Gasteiger partial charge in [0.25, 0.3) is 5.91 Å². The molecule has 3 rings (SSSR count). The standard InChI is InChI=1S/C16H16N2O2/c17-16(20)15-13(10-5-7-12(19)8-6-10)9-11-3-1-2-4-14(11)18-15/h1-4,9-10H,5-8H2,(H2,17,20). The molecule has 102 valence electrons. The van der Waals surface area contributed by atoms with Gasteiger partial charge in [-0.25, -0.2) is 4.98 Å². The second kappa shape index (κ2) is 5.04. The number of carbonyl (C=O) groups excluding carboxylic acids is 2. The van der Waals surface area contributed by atoms with Crippen LogP contribution in [-0.4, -0.2) is 16.7 Å². The van der Waals surface area contributed by atoms with Crippen molar-refractivity contribution in [3.05, 3.63) is 41.6 Å². The number of carbonyl (C=O) groups is 2. The van der Waals surface area contributed by atoms with Gasteiger partial charge in [0.15, 0.2) is 0 Å². The molecule has 0 aliphatic heterocycles. The Balaban J connectivity index is 2.10. The van der Waals surface area contributed by atoms with E-state index in [1.807, 2.05) is 30.3 Å². The number of rotatable bonds is 2. The number of para-hydroxylation sites is 1. The molecule has 1 aliphatic carbocycles. The lowest BCUT2D eigenvalue weighted by molar-refractivity contribution is -0.120. The van der Waals surface area contributed by atoms with E-state index in [-0.39, 0.29) is 5.92 Å². The third kappa shape index (κ3) is 2.29. The van der Waals surface area contributed by atoms with E-state index in [4.69, 9.17) is 5.73 Å². The molecule has 2 aromatic rings. The number of pyridine rings is 1. The molecule has 1 aromatic heterocycles. The second-order valence-corrected chi connectivity index (χ2v) is 5.30. The van der Waals surface area contributed by atoms with E-state index in [0.29, 0.717) is 24.3 Å². The van der Waals surface area contributed by atoms with Gasteiger partial charge < -0.3 is 5.73 Å². The largest absolute Gasteiger partial charge is 0.364 e. The van der Waals surface area contributed by atoms with Gasteiger partial charge in [-0.15, -0.1) is 0 Å². The topological polar surface area (TPSA) is 73.1 Å². The summed E-state index contributed by atoms with van der Waals surface area (Å²) >= 11 is 0. The van der Waals surface area contributed by atoms with Crippen molar-refractivity contribution in [3.63, 3.8) is 0 Å². The van der Waals surface area contributed by atoms with Gasteiger partial charge in [0, 0.05) is 18.2 Å². The van der Waals surface area contributed by atoms with Crippen LogP contribution in [-0.2, 0) is 4.79 Å². The summed E-state index contributed by atoms with van der Waals surface area (Å²) in [6, 6.07) is 9.69. The predicted molar refractivity (Wildman–Crippen MR) is 76.5 cm³/mol. The zero-order valence-corrected chi connectivity index (χ0v) is 11.1. The van der Waals surface area contributed by atoms with Gasteiger partial charge in [-0.05, 0) is 36.5 Å². The summed E-state index contributed by atoms with van der Waals surface area (Å²) in [7, 11) is 0. The maximum absolute atomic E-state index is 11.7. The molecule has 0 bridgehead atoms. The molecule has 1 heterocycles. The van der Waals surface area contributed by atoms with Crippen molar-refractivity contribution in [2.24, 2.45) is 5.73 Å². The molecule has 4 nitrogen and oxygen atoms in total. The first-order valence-corrected chi connectivity index (χ1v) is 6.86. The molecule has 0 unspecified atom stereocenters. The molecule has 0 saturated heterocycles. The van der Waals surface area contributed by atoms with E-state index in [1.165, 1.54) is 0 Å². The van der Waals surface area contributed by atoms with Gasteiger partial charge >= 0.3 is 0 Å². The summed E-state index contributed by atoms with van der Waals surface area (Å²) in [5, 5.41) is 1.00. The monoisotopic (exact) mass is 268 g/mol. The number of aromatic nitrogens is 1. The minimum Gasteiger partial charge on any atom is -0.364 e. The number of nitrogens with zero attached hydrogens (tertiary/aromatic N) is 1. The average molecular weight is 268 g/mol. The first-order valence-electron chi connectivity index (χ1n) is 6.86. The molecule has 2 N–H and O–H groups in total. The van der Waals surface area contributed by atoms with Crippen LogP contribution in [0, 0.1) is 0 Å². The number of hydrogen-bond acceptors (Lipinski definition) is 3. The first-order chi connectivity index (χ1) is 9.65. The molecule has 0 spiro atoms. The highest BCUT2D eigenvalue weighted by Gasteiger charge is 2.25. The van der Waals surface area contributed by atoms with Crippen molar-refractivity contribution in [2.75, 3.05) is 0 Å². The van der Waals surface area contributed by atoms with Crippen LogP contribution in [0.15, 0.2) is 30.3 Å². The number of benzene rings is 1. The van der Waals surface area contributed by atoms with Crippen LogP contribution < -0.4 is 5.73 Å². The number of hydrogen-bond donors (Lipinski definition) is 1. The molecule has 0 atom stereocenters. The third-order valence-corrected chi connectivity index (χ3v) is 3.97. The molecule has 0 radical (unpaired) electrons. The number of amides is 1. The molecule has 1 amide bonds. The minimum atomic E-state index is -0.498. The van der Waals surface area contributed by atoms with Crippen LogP contribution >= 0.6 is 0 Å². The van der Waals surface area contributed by atoms with E-state index >= 15 is 0 Å². The van der Waals surface area contributed by atoms with Crippen molar-refractivity contribution in [1.29, 1.82) is 0 Å². The normalized spacial score (nSPS) is 16.5. The van der Waals surface area contributed by atoms with Crippen LogP contribution in [0.5, 0.6) is 0 Å². The van der Waals surface area contributed by atoms with Crippen molar-refractivity contribution < 1.29 is 9.59 Å². The number of ketones is 1. The van der Waals surface area contributed by atoms with E-state index in [0.717, 1.165) is 29.3 Å². The smallest absolute Gasteiger partial charge is 0.267 e. The molecule has 1 aromatic carbocycles. The molecule has 1 aliphatic rings. The lowest BCUT2D eigenvalue weighted by Gasteiger charge is -2.23. The van der Waals surface area contributed by atoms with Gasteiger partial charge in [0.2, 0.25) is 0 Å². The molecule has 4 heteroatoms. The third-order valence-electron chi connectivity index (χ3n) is 3.97. The quantitative estimate of drug-likeness (QED) is 0.909. The van der Waals surface area contributed by atoms with Crippen LogP contribution in [0.1, 0.15) is 47.7 Å². The molecular weight excluding hydrogens is 252 g/mol. The SMILES string of the molecule is NC(=O)c1nc2ccccc2cc1C1CCC(=O)CC1. The van der Waals surface area contributed by atoms with Crippen molar-refractivity contribution in [1.82, 2.24) is 4.98 Å². The fourth-order valence-electron chi connectivity index (χ4n) is 2.89. The first kappa shape index (κ1) is 12.8. The van der Waals surface area contributed by atoms with E-state index < -0.39 is 5.91 Å². The molecule has 1 saturated carbocycles. The molecule has 1 fully saturated rings. The summed E-state index contributed by atoms with van der Waals surface area (Å²) in [6.45, 7) is 0. The van der Waals surface area contributed by atoms with Crippen molar-refractivity contribution in [3.8, 4) is 0 Å². The number of Topliss-reactive ketones (excluding diaryl/α,β-unsaturated/α-hetero) is 1. The Morgan fingerprint density at radius 2 is 1.90 bits per heavy atom. The zero-order valence-electron chi connectivity index (χ0n) is 11.1. The van der Waals surface area contributed by atoms with Gasteiger partial charge in [-0.2, -0.15) is 0 Å². The fraction of sp³-hybridized carbons (Fsp3) is 0.312. The second-order valence-electron chi connectivity index (χ2n) is 5.30. The highest BCUT2D eigenvalue weighted by atomic mass is 16.1. The van der Waals surface area contributed by atoms with Crippen molar-refractivity contribution in [2.45, 2.75) is 31.6 Å². The number of fused-ring (bicyclic) bond motifs is 1. The lowest BCUT2D eigenvalue weighted by atomic mass is 9.82. The van der Waals surface area contributed by atoms with Crippen LogP contribution in [0.25, 0.3) is 10.9 Å². The van der Waals surface area contributed by atoms with Gasteiger partial charge in [-0.1, -0.05) is 18.2 Å². The Morgan fingerprint density at radius 1 is 1.20 bits per heavy atom. The van der Waals surface area contributed by atoms with Gasteiger partial charge in [0.05, 0.1) is 5.52 Å². The summed E-state index contributed by atoms with van der Waals surface area (Å²) in [6.07, 6.45) is 2.71. The maximum atomic E-state index is 11.7. The van der Waals surface area contributed by atoms with Gasteiger partial charge in [-0.3, -0.25) is 9.59 Å². The highest BCUT2D eigenvalue weighted by Crippen LogP contribution is 2.34. The zero-order chi connectivity index (χ0) is 14.1.